The van der Waals surface area contributed by atoms with Crippen molar-refractivity contribution < 1.29 is 9.90 Å². The van der Waals surface area contributed by atoms with Gasteiger partial charge < -0.3 is 10.4 Å². The molecule has 1 atom stereocenters. The molecule has 1 fully saturated rings. The van der Waals surface area contributed by atoms with E-state index in [1.54, 1.807) is 0 Å². The highest BCUT2D eigenvalue weighted by atomic mass is 16.3. The molecule has 1 aliphatic rings. The average Bonchev–Trinajstić information content (AvgIpc) is 2.67. The zero-order valence-electron chi connectivity index (χ0n) is 10.0. The number of nitrogens with one attached hydrogen (secondary N) is 1. The number of rotatable bonds is 3. The fourth-order valence-corrected chi connectivity index (χ4v) is 2.00. The van der Waals surface area contributed by atoms with Gasteiger partial charge in [-0.2, -0.15) is 0 Å². The van der Waals surface area contributed by atoms with Crippen LogP contribution in [0.3, 0.4) is 0 Å². The second-order valence-corrected chi connectivity index (χ2v) is 4.59. The van der Waals surface area contributed by atoms with Crippen LogP contribution in [0, 0.1) is 6.92 Å². The van der Waals surface area contributed by atoms with Crippen molar-refractivity contribution in [2.24, 2.45) is 0 Å². The molecule has 0 bridgehead atoms. The van der Waals surface area contributed by atoms with Crippen molar-refractivity contribution in [3.63, 3.8) is 0 Å². The number of likely N-dealkylation sites (tertiary alicyclic amines) is 1. The van der Waals surface area contributed by atoms with Crippen LogP contribution in [0.4, 0.5) is 5.69 Å². The molecule has 2 N–H and O–H groups in total. The standard InChI is InChI=1S/C13H18N2O2/c1-10-2-4-11(5-3-10)14-13(17)9-15-7-6-12(16)8-15/h2-5,12,16H,6-9H2,1H3,(H,14,17)/t12-/m0/s1. The molecule has 1 saturated heterocycles. The average molecular weight is 234 g/mol. The molecular formula is C13H18N2O2. The fraction of sp³-hybridized carbons (Fsp3) is 0.462. The zero-order valence-corrected chi connectivity index (χ0v) is 10.0. The molecule has 4 nitrogen and oxygen atoms in total. The van der Waals surface area contributed by atoms with Crippen molar-refractivity contribution in [1.29, 1.82) is 0 Å². The summed E-state index contributed by atoms with van der Waals surface area (Å²) in [7, 11) is 0. The molecule has 1 aliphatic heterocycles. The summed E-state index contributed by atoms with van der Waals surface area (Å²) in [5.74, 6) is -0.0250. The van der Waals surface area contributed by atoms with Crippen LogP contribution in [0.5, 0.6) is 0 Å². The van der Waals surface area contributed by atoms with E-state index in [0.29, 0.717) is 13.1 Å². The molecule has 2 rings (SSSR count). The van der Waals surface area contributed by atoms with Gasteiger partial charge in [0.2, 0.25) is 5.91 Å². The van der Waals surface area contributed by atoms with Gasteiger partial charge in [0.25, 0.3) is 0 Å². The van der Waals surface area contributed by atoms with Gasteiger partial charge in [-0.1, -0.05) is 17.7 Å². The third-order valence-corrected chi connectivity index (χ3v) is 2.95. The first-order valence-corrected chi connectivity index (χ1v) is 5.90. The molecule has 0 aliphatic carbocycles. The van der Waals surface area contributed by atoms with Crippen LogP contribution in [0.1, 0.15) is 12.0 Å². The number of amides is 1. The third-order valence-electron chi connectivity index (χ3n) is 2.95. The summed E-state index contributed by atoms with van der Waals surface area (Å²) in [5, 5.41) is 12.2. The van der Waals surface area contributed by atoms with Crippen LogP contribution in [0.2, 0.25) is 0 Å². The van der Waals surface area contributed by atoms with E-state index < -0.39 is 0 Å². The molecule has 0 saturated carbocycles. The molecule has 0 spiro atoms. The number of hydrogen-bond donors (Lipinski definition) is 2. The number of carbonyl (C=O) groups is 1. The van der Waals surface area contributed by atoms with Crippen LogP contribution in [0.15, 0.2) is 24.3 Å². The second-order valence-electron chi connectivity index (χ2n) is 4.59. The summed E-state index contributed by atoms with van der Waals surface area (Å²) in [6, 6.07) is 7.72. The van der Waals surface area contributed by atoms with Crippen molar-refractivity contribution in [3.8, 4) is 0 Å². The van der Waals surface area contributed by atoms with E-state index in [9.17, 15) is 9.90 Å². The van der Waals surface area contributed by atoms with Gasteiger partial charge in [0.15, 0.2) is 0 Å². The zero-order chi connectivity index (χ0) is 12.3. The Morgan fingerprint density at radius 3 is 2.76 bits per heavy atom. The van der Waals surface area contributed by atoms with Gasteiger partial charge in [-0.05, 0) is 25.5 Å². The van der Waals surface area contributed by atoms with Gasteiger partial charge in [0, 0.05) is 18.8 Å². The number of aliphatic hydroxyl groups excluding tert-OH is 1. The lowest BCUT2D eigenvalue weighted by Gasteiger charge is -2.14. The largest absolute Gasteiger partial charge is 0.392 e. The van der Waals surface area contributed by atoms with E-state index in [2.05, 4.69) is 5.32 Å². The highest BCUT2D eigenvalue weighted by molar-refractivity contribution is 5.92. The van der Waals surface area contributed by atoms with Gasteiger partial charge in [-0.3, -0.25) is 9.69 Å². The highest BCUT2D eigenvalue weighted by Crippen LogP contribution is 2.10. The molecule has 1 aromatic carbocycles. The first-order valence-electron chi connectivity index (χ1n) is 5.90. The molecule has 1 heterocycles. The van der Waals surface area contributed by atoms with Crippen molar-refractivity contribution in [3.05, 3.63) is 29.8 Å². The van der Waals surface area contributed by atoms with Gasteiger partial charge in [0.1, 0.15) is 0 Å². The SMILES string of the molecule is Cc1ccc(NC(=O)CN2CC[C@H](O)C2)cc1. The number of nitrogens with zero attached hydrogens (tertiary/aromatic N) is 1. The minimum absolute atomic E-state index is 0.0250. The molecule has 0 unspecified atom stereocenters. The summed E-state index contributed by atoms with van der Waals surface area (Å²) in [6.45, 7) is 3.76. The number of aryl methyl sites for hydroxylation is 1. The molecule has 1 amide bonds. The molecule has 92 valence electrons. The molecule has 0 radical (unpaired) electrons. The van der Waals surface area contributed by atoms with Gasteiger partial charge >= 0.3 is 0 Å². The Bertz CT molecular complexity index is 389. The molecule has 4 heteroatoms. The summed E-state index contributed by atoms with van der Waals surface area (Å²) < 4.78 is 0. The van der Waals surface area contributed by atoms with E-state index in [4.69, 9.17) is 0 Å². The van der Waals surface area contributed by atoms with E-state index >= 15 is 0 Å². The quantitative estimate of drug-likeness (QED) is 0.820. The topological polar surface area (TPSA) is 52.6 Å². The Morgan fingerprint density at radius 1 is 1.47 bits per heavy atom. The third kappa shape index (κ3) is 3.54. The molecule has 0 aromatic heterocycles. The van der Waals surface area contributed by atoms with Gasteiger partial charge in [-0.15, -0.1) is 0 Å². The monoisotopic (exact) mass is 234 g/mol. The van der Waals surface area contributed by atoms with Crippen molar-refractivity contribution >= 4 is 11.6 Å². The minimum Gasteiger partial charge on any atom is -0.392 e. The lowest BCUT2D eigenvalue weighted by Crippen LogP contribution is -2.32. The summed E-state index contributed by atoms with van der Waals surface area (Å²) in [4.78, 5) is 13.7. The number of hydrogen-bond acceptors (Lipinski definition) is 3. The molecule has 1 aromatic rings. The highest BCUT2D eigenvalue weighted by Gasteiger charge is 2.21. The first kappa shape index (κ1) is 12.1. The lowest BCUT2D eigenvalue weighted by atomic mass is 10.2. The van der Waals surface area contributed by atoms with Crippen LogP contribution >= 0.6 is 0 Å². The summed E-state index contributed by atoms with van der Waals surface area (Å²) in [6.07, 6.45) is 0.486. The van der Waals surface area contributed by atoms with Crippen molar-refractivity contribution in [2.75, 3.05) is 25.0 Å². The van der Waals surface area contributed by atoms with Crippen LogP contribution < -0.4 is 5.32 Å². The predicted molar refractivity (Wildman–Crippen MR) is 66.9 cm³/mol. The molecule has 17 heavy (non-hydrogen) atoms. The van der Waals surface area contributed by atoms with Crippen molar-refractivity contribution in [1.82, 2.24) is 4.90 Å². The van der Waals surface area contributed by atoms with E-state index in [-0.39, 0.29) is 12.0 Å². The van der Waals surface area contributed by atoms with Gasteiger partial charge in [0.05, 0.1) is 12.6 Å². The second kappa shape index (κ2) is 5.29. The van der Waals surface area contributed by atoms with E-state index in [0.717, 1.165) is 18.7 Å². The normalized spacial score (nSPS) is 20.5. The number of β-amino-alcohol motifs (C(OH)–C–C–N with tert-alkyl or cyclic N) is 1. The smallest absolute Gasteiger partial charge is 0.238 e. The van der Waals surface area contributed by atoms with Crippen LogP contribution in [-0.4, -0.2) is 41.7 Å². The maximum atomic E-state index is 11.7. The van der Waals surface area contributed by atoms with Crippen molar-refractivity contribution in [2.45, 2.75) is 19.4 Å². The minimum atomic E-state index is -0.276. The maximum Gasteiger partial charge on any atom is 0.238 e. The number of aliphatic hydroxyl groups is 1. The lowest BCUT2D eigenvalue weighted by molar-refractivity contribution is -0.117. The summed E-state index contributed by atoms with van der Waals surface area (Å²) >= 11 is 0. The Labute approximate surface area is 101 Å². The summed E-state index contributed by atoms with van der Waals surface area (Å²) in [5.41, 5.74) is 1.99. The fourth-order valence-electron chi connectivity index (χ4n) is 2.00. The maximum absolute atomic E-state index is 11.7. The Hall–Kier alpha value is -1.39. The number of benzene rings is 1. The predicted octanol–water partition coefficient (Wildman–Crippen LogP) is 1.00. The van der Waals surface area contributed by atoms with Gasteiger partial charge in [-0.25, -0.2) is 0 Å². The van der Waals surface area contributed by atoms with E-state index in [1.807, 2.05) is 36.1 Å². The first-order chi connectivity index (χ1) is 8.13. The number of anilines is 1. The Morgan fingerprint density at radius 2 is 2.18 bits per heavy atom. The number of carbonyl (C=O) groups excluding carboxylic acids is 1. The molecular weight excluding hydrogens is 216 g/mol. The van der Waals surface area contributed by atoms with Crippen LogP contribution in [0.25, 0.3) is 0 Å². The Balaban J connectivity index is 1.83. The van der Waals surface area contributed by atoms with Crippen LogP contribution in [-0.2, 0) is 4.79 Å². The van der Waals surface area contributed by atoms with E-state index in [1.165, 1.54) is 5.56 Å². The Kier molecular flexibility index (Phi) is 3.76.